The molecule has 0 bridgehead atoms. The first-order chi connectivity index (χ1) is 14.6. The molecule has 4 aromatic rings. The molecule has 8 heteroatoms. The van der Waals surface area contributed by atoms with Crippen molar-refractivity contribution in [1.82, 2.24) is 9.97 Å². The number of halogens is 1. The summed E-state index contributed by atoms with van der Waals surface area (Å²) in [5.41, 5.74) is 0.812. The van der Waals surface area contributed by atoms with Crippen LogP contribution < -0.4 is 0 Å². The van der Waals surface area contributed by atoms with Gasteiger partial charge in [-0.15, -0.1) is 0 Å². The van der Waals surface area contributed by atoms with Crippen LogP contribution in [-0.4, -0.2) is 27.2 Å². The predicted octanol–water partition coefficient (Wildman–Crippen LogP) is 4.68. The molecular formula is C22H12FN3O4. The number of carbonyl (C=O) groups is 2. The molecule has 7 nitrogen and oxygen atoms in total. The molecule has 0 radical (unpaired) electrons. The topological polar surface area (TPSA) is 98.6 Å². The van der Waals surface area contributed by atoms with Crippen LogP contribution >= 0.6 is 0 Å². The van der Waals surface area contributed by atoms with Crippen molar-refractivity contribution >= 4 is 23.0 Å². The summed E-state index contributed by atoms with van der Waals surface area (Å²) in [5.74, 6) is -0.561. The third kappa shape index (κ3) is 3.04. The van der Waals surface area contributed by atoms with Crippen LogP contribution in [0.1, 0.15) is 27.4 Å². The second-order valence-electron chi connectivity index (χ2n) is 6.54. The lowest BCUT2D eigenvalue weighted by Crippen LogP contribution is -2.30. The van der Waals surface area contributed by atoms with Gasteiger partial charge in [-0.05, 0) is 48.5 Å². The molecule has 1 aromatic carbocycles. The molecule has 30 heavy (non-hydrogen) atoms. The van der Waals surface area contributed by atoms with E-state index in [-0.39, 0.29) is 29.2 Å². The molecule has 3 aromatic heterocycles. The van der Waals surface area contributed by atoms with Crippen molar-refractivity contribution in [2.45, 2.75) is 6.42 Å². The van der Waals surface area contributed by atoms with Crippen molar-refractivity contribution in [3.05, 3.63) is 78.3 Å². The summed E-state index contributed by atoms with van der Waals surface area (Å²) in [6.07, 6.45) is 2.72. The van der Waals surface area contributed by atoms with E-state index in [4.69, 9.17) is 8.83 Å². The number of nitrogens with zero attached hydrogens (tertiary/aromatic N) is 3. The highest BCUT2D eigenvalue weighted by Crippen LogP contribution is 2.32. The SMILES string of the molecule is O=C1CC(=Nc2ccc(F)cc2)C(=O)c2nc(-c3ccco3)c(-c3ccco3)nc21. The second kappa shape index (κ2) is 7.00. The molecule has 146 valence electrons. The average Bonchev–Trinajstić information content (AvgIpc) is 3.47. The first kappa shape index (κ1) is 17.9. The van der Waals surface area contributed by atoms with Gasteiger partial charge in [-0.25, -0.2) is 19.4 Å². The van der Waals surface area contributed by atoms with Crippen molar-refractivity contribution in [3.8, 4) is 22.9 Å². The van der Waals surface area contributed by atoms with Gasteiger partial charge in [0.1, 0.15) is 28.6 Å². The molecular weight excluding hydrogens is 389 g/mol. The minimum Gasteiger partial charge on any atom is -0.463 e. The Morgan fingerprint density at radius 3 is 1.97 bits per heavy atom. The van der Waals surface area contributed by atoms with E-state index in [0.29, 0.717) is 22.9 Å². The summed E-state index contributed by atoms with van der Waals surface area (Å²) in [6, 6.07) is 12.0. The van der Waals surface area contributed by atoms with Gasteiger partial charge in [0.05, 0.1) is 30.3 Å². The normalized spacial score (nSPS) is 14.9. The van der Waals surface area contributed by atoms with E-state index in [1.807, 2.05) is 0 Å². The third-order valence-electron chi connectivity index (χ3n) is 4.56. The number of ketones is 2. The summed E-state index contributed by atoms with van der Waals surface area (Å²) >= 11 is 0. The van der Waals surface area contributed by atoms with Crippen molar-refractivity contribution in [2.75, 3.05) is 0 Å². The highest BCUT2D eigenvalue weighted by molar-refractivity contribution is 6.52. The number of aliphatic imine (C=N–C) groups is 1. The lowest BCUT2D eigenvalue weighted by atomic mass is 9.94. The van der Waals surface area contributed by atoms with Crippen LogP contribution in [0.3, 0.4) is 0 Å². The first-order valence-electron chi connectivity index (χ1n) is 9.01. The van der Waals surface area contributed by atoms with Crippen LogP contribution in [0.2, 0.25) is 0 Å². The number of fused-ring (bicyclic) bond motifs is 1. The Hall–Kier alpha value is -4.20. The summed E-state index contributed by atoms with van der Waals surface area (Å²) in [5, 5.41) is 0. The van der Waals surface area contributed by atoms with E-state index in [0.717, 1.165) is 0 Å². The fourth-order valence-electron chi connectivity index (χ4n) is 3.17. The van der Waals surface area contributed by atoms with Crippen molar-refractivity contribution in [3.63, 3.8) is 0 Å². The first-order valence-corrected chi connectivity index (χ1v) is 9.01. The molecule has 5 rings (SSSR count). The number of furan rings is 2. The molecule has 0 saturated carbocycles. The summed E-state index contributed by atoms with van der Waals surface area (Å²) in [7, 11) is 0. The van der Waals surface area contributed by atoms with Crippen LogP contribution in [0.25, 0.3) is 22.9 Å². The van der Waals surface area contributed by atoms with Crippen molar-refractivity contribution in [2.24, 2.45) is 4.99 Å². The summed E-state index contributed by atoms with van der Waals surface area (Å²) < 4.78 is 24.0. The fraction of sp³-hybridized carbons (Fsp3) is 0.0455. The fourth-order valence-corrected chi connectivity index (χ4v) is 3.17. The van der Waals surface area contributed by atoms with Crippen LogP contribution in [0, 0.1) is 5.82 Å². The zero-order chi connectivity index (χ0) is 20.7. The van der Waals surface area contributed by atoms with E-state index in [2.05, 4.69) is 15.0 Å². The largest absolute Gasteiger partial charge is 0.463 e. The second-order valence-corrected chi connectivity index (χ2v) is 6.54. The number of aromatic nitrogens is 2. The van der Waals surface area contributed by atoms with Gasteiger partial charge in [-0.1, -0.05) is 0 Å². The molecule has 1 aliphatic carbocycles. The van der Waals surface area contributed by atoms with E-state index < -0.39 is 17.4 Å². The Morgan fingerprint density at radius 1 is 0.800 bits per heavy atom. The zero-order valence-corrected chi connectivity index (χ0v) is 15.3. The lowest BCUT2D eigenvalue weighted by Gasteiger charge is -2.16. The lowest BCUT2D eigenvalue weighted by molar-refractivity contribution is 0.0957. The minimum absolute atomic E-state index is 0.0181. The van der Waals surface area contributed by atoms with Crippen molar-refractivity contribution < 1.29 is 22.8 Å². The smallest absolute Gasteiger partial charge is 0.228 e. The predicted molar refractivity (Wildman–Crippen MR) is 104 cm³/mol. The number of benzene rings is 1. The molecule has 1 aliphatic rings. The maximum atomic E-state index is 13.1. The Balaban J connectivity index is 1.66. The Labute approximate surface area is 168 Å². The van der Waals surface area contributed by atoms with Crippen LogP contribution in [0.5, 0.6) is 0 Å². The van der Waals surface area contributed by atoms with Gasteiger partial charge < -0.3 is 8.83 Å². The summed E-state index contributed by atoms with van der Waals surface area (Å²) in [6.45, 7) is 0. The molecule has 3 heterocycles. The maximum absolute atomic E-state index is 13.1. The van der Waals surface area contributed by atoms with Crippen molar-refractivity contribution in [1.29, 1.82) is 0 Å². The maximum Gasteiger partial charge on any atom is 0.228 e. The molecule has 0 unspecified atom stereocenters. The number of hydrogen-bond acceptors (Lipinski definition) is 7. The number of Topliss-reactive ketones (excluding diaryl/α,β-unsaturated/α-hetero) is 2. The molecule has 0 spiro atoms. The molecule has 0 aliphatic heterocycles. The van der Waals surface area contributed by atoms with E-state index >= 15 is 0 Å². The summed E-state index contributed by atoms with van der Waals surface area (Å²) in [4.78, 5) is 38.8. The number of hydrogen-bond donors (Lipinski definition) is 0. The third-order valence-corrected chi connectivity index (χ3v) is 4.56. The minimum atomic E-state index is -0.514. The van der Waals surface area contributed by atoms with E-state index in [1.54, 1.807) is 24.3 Å². The van der Waals surface area contributed by atoms with Crippen LogP contribution in [-0.2, 0) is 0 Å². The van der Waals surface area contributed by atoms with Gasteiger partial charge in [0.2, 0.25) is 5.78 Å². The highest BCUT2D eigenvalue weighted by Gasteiger charge is 2.34. The van der Waals surface area contributed by atoms with E-state index in [1.165, 1.54) is 36.8 Å². The quantitative estimate of drug-likeness (QED) is 0.494. The Morgan fingerprint density at radius 2 is 1.40 bits per heavy atom. The van der Waals surface area contributed by atoms with Gasteiger partial charge in [0.15, 0.2) is 17.3 Å². The van der Waals surface area contributed by atoms with Crippen LogP contribution in [0.4, 0.5) is 10.1 Å². The standard InChI is InChI=1S/C22H12FN3O4/c23-12-5-7-13(8-6-12)24-14-11-15(27)18-21(22(14)28)26-20(17-4-2-10-30-17)19(25-18)16-3-1-9-29-16/h1-10H,11H2. The monoisotopic (exact) mass is 401 g/mol. The molecule has 0 N–H and O–H groups in total. The van der Waals surface area contributed by atoms with Gasteiger partial charge >= 0.3 is 0 Å². The van der Waals surface area contributed by atoms with E-state index in [9.17, 15) is 14.0 Å². The Bertz CT molecular complexity index is 1290. The van der Waals surface area contributed by atoms with Gasteiger partial charge in [-0.2, -0.15) is 0 Å². The zero-order valence-electron chi connectivity index (χ0n) is 15.3. The van der Waals surface area contributed by atoms with Gasteiger partial charge in [-0.3, -0.25) is 9.59 Å². The van der Waals surface area contributed by atoms with Crippen LogP contribution in [0.15, 0.2) is 74.9 Å². The highest BCUT2D eigenvalue weighted by atomic mass is 19.1. The Kier molecular flexibility index (Phi) is 4.17. The van der Waals surface area contributed by atoms with Gasteiger partial charge in [0.25, 0.3) is 0 Å². The number of carbonyl (C=O) groups excluding carboxylic acids is 2. The van der Waals surface area contributed by atoms with Gasteiger partial charge in [0, 0.05) is 0 Å². The molecule has 0 saturated heterocycles. The average molecular weight is 401 g/mol. The molecule has 0 atom stereocenters. The molecule has 0 amide bonds. The molecule has 0 fully saturated rings. The number of rotatable bonds is 3.